The van der Waals surface area contributed by atoms with Crippen LogP contribution in [-0.4, -0.2) is 24.6 Å². The summed E-state index contributed by atoms with van der Waals surface area (Å²) in [6.45, 7) is 3.03. The van der Waals surface area contributed by atoms with E-state index in [2.05, 4.69) is 5.32 Å². The minimum atomic E-state index is -0.333. The van der Waals surface area contributed by atoms with Gasteiger partial charge in [0.2, 0.25) is 0 Å². The van der Waals surface area contributed by atoms with Gasteiger partial charge in [0.1, 0.15) is 11.6 Å². The molecule has 0 radical (unpaired) electrons. The molecule has 0 bridgehead atoms. The third kappa shape index (κ3) is 4.48. The molecule has 0 heterocycles. The van der Waals surface area contributed by atoms with Crippen LogP contribution in [0.4, 0.5) is 14.9 Å². The first-order valence-electron chi connectivity index (χ1n) is 7.08. The summed E-state index contributed by atoms with van der Waals surface area (Å²) < 4.78 is 18.2. The van der Waals surface area contributed by atoms with Gasteiger partial charge in [0.25, 0.3) is 0 Å². The van der Waals surface area contributed by atoms with Gasteiger partial charge in [-0.15, -0.1) is 0 Å². The zero-order valence-electron chi connectivity index (χ0n) is 12.7. The Morgan fingerprint density at radius 2 is 1.77 bits per heavy atom. The van der Waals surface area contributed by atoms with Gasteiger partial charge >= 0.3 is 6.03 Å². The molecule has 0 fully saturated rings. The molecule has 0 aliphatic rings. The number of rotatable bonds is 5. The predicted molar refractivity (Wildman–Crippen MR) is 84.5 cm³/mol. The van der Waals surface area contributed by atoms with Crippen molar-refractivity contribution in [2.45, 2.75) is 13.5 Å². The second-order valence-corrected chi connectivity index (χ2v) is 4.87. The summed E-state index contributed by atoms with van der Waals surface area (Å²) in [5.41, 5.74) is 1.56. The number of urea groups is 1. The molecule has 22 heavy (non-hydrogen) atoms. The Morgan fingerprint density at radius 1 is 1.14 bits per heavy atom. The molecule has 2 rings (SSSR count). The highest BCUT2D eigenvalue weighted by atomic mass is 19.1. The largest absolute Gasteiger partial charge is 0.494 e. The van der Waals surface area contributed by atoms with Crippen molar-refractivity contribution in [3.05, 3.63) is 59.9 Å². The number of nitrogens with zero attached hydrogens (tertiary/aromatic N) is 1. The highest BCUT2D eigenvalue weighted by Gasteiger charge is 2.09. The zero-order chi connectivity index (χ0) is 15.9. The summed E-state index contributed by atoms with van der Waals surface area (Å²) in [6.07, 6.45) is 0. The highest BCUT2D eigenvalue weighted by Crippen LogP contribution is 2.14. The van der Waals surface area contributed by atoms with Gasteiger partial charge in [-0.3, -0.25) is 0 Å². The van der Waals surface area contributed by atoms with Gasteiger partial charge in [0, 0.05) is 19.3 Å². The average molecular weight is 302 g/mol. The number of halogens is 1. The van der Waals surface area contributed by atoms with Crippen LogP contribution in [0.25, 0.3) is 0 Å². The Kier molecular flexibility index (Phi) is 5.36. The SMILES string of the molecule is CCOc1ccc(CN(C)C(=O)Nc2ccc(F)cc2)cc1. The lowest BCUT2D eigenvalue weighted by molar-refractivity contribution is 0.220. The van der Waals surface area contributed by atoms with Crippen LogP contribution in [0.2, 0.25) is 0 Å². The summed E-state index contributed by atoms with van der Waals surface area (Å²) in [5, 5.41) is 2.72. The number of hydrogen-bond acceptors (Lipinski definition) is 2. The second kappa shape index (κ2) is 7.45. The van der Waals surface area contributed by atoms with Crippen molar-refractivity contribution in [3.63, 3.8) is 0 Å². The topological polar surface area (TPSA) is 41.6 Å². The van der Waals surface area contributed by atoms with Crippen LogP contribution in [0, 0.1) is 5.82 Å². The molecule has 5 heteroatoms. The van der Waals surface area contributed by atoms with Crippen LogP contribution in [0.5, 0.6) is 5.75 Å². The van der Waals surface area contributed by atoms with Crippen LogP contribution < -0.4 is 10.1 Å². The van der Waals surface area contributed by atoms with Gasteiger partial charge in [-0.05, 0) is 48.9 Å². The van der Waals surface area contributed by atoms with Crippen molar-refractivity contribution < 1.29 is 13.9 Å². The minimum Gasteiger partial charge on any atom is -0.494 e. The number of ether oxygens (including phenoxy) is 1. The normalized spacial score (nSPS) is 10.1. The average Bonchev–Trinajstić information content (AvgIpc) is 2.51. The first kappa shape index (κ1) is 15.8. The maximum Gasteiger partial charge on any atom is 0.321 e. The third-order valence-electron chi connectivity index (χ3n) is 3.10. The fourth-order valence-electron chi connectivity index (χ4n) is 1.96. The summed E-state index contributed by atoms with van der Waals surface area (Å²) >= 11 is 0. The van der Waals surface area contributed by atoms with E-state index in [4.69, 9.17) is 4.74 Å². The maximum atomic E-state index is 12.8. The fraction of sp³-hybridized carbons (Fsp3) is 0.235. The number of amides is 2. The summed E-state index contributed by atoms with van der Waals surface area (Å²) in [7, 11) is 1.70. The van der Waals surface area contributed by atoms with Gasteiger partial charge in [-0.2, -0.15) is 0 Å². The lowest BCUT2D eigenvalue weighted by Gasteiger charge is -2.18. The van der Waals surface area contributed by atoms with Crippen molar-refractivity contribution in [2.75, 3.05) is 19.0 Å². The number of hydrogen-bond donors (Lipinski definition) is 1. The monoisotopic (exact) mass is 302 g/mol. The van der Waals surface area contributed by atoms with Crippen LogP contribution in [0.1, 0.15) is 12.5 Å². The number of benzene rings is 2. The molecule has 0 aliphatic carbocycles. The molecule has 0 atom stereocenters. The van der Waals surface area contributed by atoms with E-state index in [9.17, 15) is 9.18 Å². The highest BCUT2D eigenvalue weighted by molar-refractivity contribution is 5.89. The molecule has 0 saturated heterocycles. The molecule has 0 saturated carbocycles. The predicted octanol–water partition coefficient (Wildman–Crippen LogP) is 3.89. The first-order chi connectivity index (χ1) is 10.6. The van der Waals surface area contributed by atoms with Crippen molar-refractivity contribution in [1.82, 2.24) is 4.90 Å². The quantitative estimate of drug-likeness (QED) is 0.910. The van der Waals surface area contributed by atoms with Gasteiger partial charge < -0.3 is 15.0 Å². The second-order valence-electron chi connectivity index (χ2n) is 4.87. The van der Waals surface area contributed by atoms with Crippen LogP contribution in [0.3, 0.4) is 0 Å². The molecule has 0 unspecified atom stereocenters. The Bertz CT molecular complexity index is 612. The van der Waals surface area contributed by atoms with E-state index >= 15 is 0 Å². The van der Waals surface area contributed by atoms with Crippen molar-refractivity contribution in [3.8, 4) is 5.75 Å². The van der Waals surface area contributed by atoms with E-state index in [0.717, 1.165) is 11.3 Å². The van der Waals surface area contributed by atoms with Crippen molar-refractivity contribution >= 4 is 11.7 Å². The van der Waals surface area contributed by atoms with E-state index in [0.29, 0.717) is 18.8 Å². The molecule has 4 nitrogen and oxygen atoms in total. The lowest BCUT2D eigenvalue weighted by atomic mass is 10.2. The van der Waals surface area contributed by atoms with Gasteiger partial charge in [-0.1, -0.05) is 12.1 Å². The molecule has 0 aliphatic heterocycles. The Morgan fingerprint density at radius 3 is 2.36 bits per heavy atom. The Labute approximate surface area is 129 Å². The Hall–Kier alpha value is -2.56. The molecule has 0 spiro atoms. The minimum absolute atomic E-state index is 0.250. The van der Waals surface area contributed by atoms with Gasteiger partial charge in [0.05, 0.1) is 6.61 Å². The fourth-order valence-corrected chi connectivity index (χ4v) is 1.96. The molecule has 2 aromatic carbocycles. The molecular weight excluding hydrogens is 283 g/mol. The molecule has 2 aromatic rings. The van der Waals surface area contributed by atoms with Gasteiger partial charge in [0.15, 0.2) is 0 Å². The number of carbonyl (C=O) groups excluding carboxylic acids is 1. The van der Waals surface area contributed by atoms with E-state index in [1.165, 1.54) is 24.3 Å². The van der Waals surface area contributed by atoms with E-state index in [-0.39, 0.29) is 11.8 Å². The molecule has 1 N–H and O–H groups in total. The number of anilines is 1. The maximum absolute atomic E-state index is 12.8. The zero-order valence-corrected chi connectivity index (χ0v) is 12.7. The van der Waals surface area contributed by atoms with Crippen LogP contribution in [0.15, 0.2) is 48.5 Å². The third-order valence-corrected chi connectivity index (χ3v) is 3.10. The summed E-state index contributed by atoms with van der Waals surface area (Å²) in [4.78, 5) is 13.6. The van der Waals surface area contributed by atoms with Crippen LogP contribution in [-0.2, 0) is 6.54 Å². The molecule has 116 valence electrons. The molecular formula is C17H19FN2O2. The van der Waals surface area contributed by atoms with E-state index < -0.39 is 0 Å². The number of nitrogens with one attached hydrogen (secondary N) is 1. The van der Waals surface area contributed by atoms with Gasteiger partial charge in [-0.25, -0.2) is 9.18 Å². The number of carbonyl (C=O) groups is 1. The van der Waals surface area contributed by atoms with Crippen molar-refractivity contribution in [2.24, 2.45) is 0 Å². The Balaban J connectivity index is 1.91. The van der Waals surface area contributed by atoms with Crippen LogP contribution >= 0.6 is 0 Å². The van der Waals surface area contributed by atoms with E-state index in [1.807, 2.05) is 31.2 Å². The summed E-state index contributed by atoms with van der Waals surface area (Å²) in [5.74, 6) is 0.477. The molecule has 2 amide bonds. The van der Waals surface area contributed by atoms with E-state index in [1.54, 1.807) is 11.9 Å². The standard InChI is InChI=1S/C17H19FN2O2/c1-3-22-16-10-4-13(5-11-16)12-20(2)17(21)19-15-8-6-14(18)7-9-15/h4-11H,3,12H2,1-2H3,(H,19,21). The first-order valence-corrected chi connectivity index (χ1v) is 7.08. The smallest absolute Gasteiger partial charge is 0.321 e. The lowest BCUT2D eigenvalue weighted by Crippen LogP contribution is -2.30. The summed E-state index contributed by atoms with van der Waals surface area (Å²) in [6, 6.07) is 13.0. The van der Waals surface area contributed by atoms with Crippen molar-refractivity contribution in [1.29, 1.82) is 0 Å². The molecule has 0 aromatic heterocycles.